The summed E-state index contributed by atoms with van der Waals surface area (Å²) in [6.07, 6.45) is 5.02. The number of carbonyl (C=O) groups is 2. The molecule has 3 aromatic rings. The molecule has 6 nitrogen and oxygen atoms in total. The number of aromatic nitrogens is 1. The molecule has 0 fully saturated rings. The molecule has 29 heavy (non-hydrogen) atoms. The highest BCUT2D eigenvalue weighted by molar-refractivity contribution is 5.98. The van der Waals surface area contributed by atoms with E-state index in [0.717, 1.165) is 5.56 Å². The third-order valence-corrected chi connectivity index (χ3v) is 4.36. The first-order valence-corrected chi connectivity index (χ1v) is 9.45. The van der Waals surface area contributed by atoms with E-state index in [1.54, 1.807) is 53.9 Å². The molecule has 6 heteroatoms. The number of hydrogen-bond acceptors (Lipinski definition) is 4. The Labute approximate surface area is 170 Å². The largest absolute Gasteiger partial charge is 0.467 e. The van der Waals surface area contributed by atoms with Crippen LogP contribution in [-0.4, -0.2) is 21.7 Å². The fourth-order valence-electron chi connectivity index (χ4n) is 2.73. The predicted octanol–water partition coefficient (Wildman–Crippen LogP) is 4.50. The molecule has 1 aromatic carbocycles. The zero-order valence-corrected chi connectivity index (χ0v) is 16.9. The number of nitrogens with one attached hydrogen (secondary N) is 1. The number of nitrogens with zero attached hydrogens (tertiary/aromatic N) is 2. The number of rotatable bonds is 6. The number of benzene rings is 1. The Morgan fingerprint density at radius 1 is 1.07 bits per heavy atom. The molecule has 2 amide bonds. The third kappa shape index (κ3) is 5.54. The molecule has 0 saturated heterocycles. The van der Waals surface area contributed by atoms with Crippen LogP contribution in [0.2, 0.25) is 0 Å². The summed E-state index contributed by atoms with van der Waals surface area (Å²) in [5, 5.41) is 2.87. The van der Waals surface area contributed by atoms with Crippen molar-refractivity contribution >= 4 is 17.5 Å². The summed E-state index contributed by atoms with van der Waals surface area (Å²) in [4.78, 5) is 31.4. The minimum atomic E-state index is -0.522. The number of furan rings is 1. The van der Waals surface area contributed by atoms with Gasteiger partial charge < -0.3 is 14.6 Å². The van der Waals surface area contributed by atoms with E-state index in [9.17, 15) is 9.59 Å². The second-order valence-corrected chi connectivity index (χ2v) is 7.89. The molecule has 0 atom stereocenters. The van der Waals surface area contributed by atoms with Crippen LogP contribution in [0.15, 0.2) is 71.6 Å². The van der Waals surface area contributed by atoms with Crippen molar-refractivity contribution in [1.29, 1.82) is 0 Å². The van der Waals surface area contributed by atoms with Gasteiger partial charge in [-0.1, -0.05) is 32.9 Å². The highest BCUT2D eigenvalue weighted by Gasteiger charge is 2.22. The molecule has 0 unspecified atom stereocenters. The van der Waals surface area contributed by atoms with E-state index in [1.807, 2.05) is 39.0 Å². The second-order valence-electron chi connectivity index (χ2n) is 7.89. The maximum atomic E-state index is 13.3. The lowest BCUT2D eigenvalue weighted by molar-refractivity contribution is -0.123. The lowest BCUT2D eigenvalue weighted by Crippen LogP contribution is -2.30. The van der Waals surface area contributed by atoms with Crippen LogP contribution in [0, 0.1) is 5.41 Å². The highest BCUT2D eigenvalue weighted by Crippen LogP contribution is 2.20. The lowest BCUT2D eigenvalue weighted by atomic mass is 9.95. The van der Waals surface area contributed by atoms with Crippen LogP contribution < -0.4 is 5.32 Å². The molecule has 2 heterocycles. The van der Waals surface area contributed by atoms with E-state index in [2.05, 4.69) is 10.3 Å². The summed E-state index contributed by atoms with van der Waals surface area (Å²) in [6.45, 7) is 6.26. The van der Waals surface area contributed by atoms with Crippen molar-refractivity contribution in [3.8, 4) is 0 Å². The fraction of sp³-hybridized carbons (Fsp3) is 0.261. The molecule has 0 aliphatic carbocycles. The predicted molar refractivity (Wildman–Crippen MR) is 111 cm³/mol. The van der Waals surface area contributed by atoms with Crippen LogP contribution in [0.5, 0.6) is 0 Å². The highest BCUT2D eigenvalue weighted by atomic mass is 16.3. The van der Waals surface area contributed by atoms with E-state index >= 15 is 0 Å². The first-order chi connectivity index (χ1) is 13.8. The van der Waals surface area contributed by atoms with Gasteiger partial charge in [-0.25, -0.2) is 0 Å². The Hall–Kier alpha value is -3.41. The first-order valence-electron chi connectivity index (χ1n) is 9.45. The van der Waals surface area contributed by atoms with Gasteiger partial charge in [0.1, 0.15) is 5.76 Å². The van der Waals surface area contributed by atoms with Crippen LogP contribution >= 0.6 is 0 Å². The maximum absolute atomic E-state index is 13.3. The molecule has 0 saturated carbocycles. The molecule has 150 valence electrons. The quantitative estimate of drug-likeness (QED) is 0.671. The SMILES string of the molecule is CC(C)(C)C(=O)Nc1cccc(C(=O)N(Cc2cccnc2)Cc2ccco2)c1. The zero-order chi connectivity index (χ0) is 20.9. The topological polar surface area (TPSA) is 75.4 Å². The van der Waals surface area contributed by atoms with Crippen molar-refractivity contribution in [3.05, 3.63) is 84.1 Å². The van der Waals surface area contributed by atoms with Gasteiger partial charge in [0.25, 0.3) is 5.91 Å². The van der Waals surface area contributed by atoms with Gasteiger partial charge in [-0.3, -0.25) is 14.6 Å². The monoisotopic (exact) mass is 391 g/mol. The summed E-state index contributed by atoms with van der Waals surface area (Å²) in [6, 6.07) is 14.4. The average Bonchev–Trinajstić information content (AvgIpc) is 3.20. The number of hydrogen-bond donors (Lipinski definition) is 1. The lowest BCUT2D eigenvalue weighted by Gasteiger charge is -2.22. The zero-order valence-electron chi connectivity index (χ0n) is 16.9. The summed E-state index contributed by atoms with van der Waals surface area (Å²) < 4.78 is 5.44. The van der Waals surface area contributed by atoms with Gasteiger partial charge >= 0.3 is 0 Å². The Kier molecular flexibility index (Phi) is 6.12. The Bertz CT molecular complexity index is 961. The summed E-state index contributed by atoms with van der Waals surface area (Å²) >= 11 is 0. The van der Waals surface area contributed by atoms with Crippen molar-refractivity contribution in [2.75, 3.05) is 5.32 Å². The number of pyridine rings is 1. The molecule has 0 spiro atoms. The molecule has 0 aliphatic rings. The van der Waals surface area contributed by atoms with E-state index in [-0.39, 0.29) is 11.8 Å². The first kappa shape index (κ1) is 20.3. The molecule has 1 N–H and O–H groups in total. The fourth-order valence-corrected chi connectivity index (χ4v) is 2.73. The molecule has 0 bridgehead atoms. The van der Waals surface area contributed by atoms with Gasteiger partial charge in [0.05, 0.1) is 12.8 Å². The van der Waals surface area contributed by atoms with E-state index in [4.69, 9.17) is 4.42 Å². The van der Waals surface area contributed by atoms with E-state index in [1.165, 1.54) is 0 Å². The van der Waals surface area contributed by atoms with Crippen molar-refractivity contribution in [3.63, 3.8) is 0 Å². The Morgan fingerprint density at radius 3 is 2.55 bits per heavy atom. The van der Waals surface area contributed by atoms with Gasteiger partial charge in [0, 0.05) is 35.6 Å². The van der Waals surface area contributed by atoms with Crippen molar-refractivity contribution < 1.29 is 14.0 Å². The van der Waals surface area contributed by atoms with Gasteiger partial charge in [-0.15, -0.1) is 0 Å². The molecule has 0 aliphatic heterocycles. The van der Waals surface area contributed by atoms with Crippen molar-refractivity contribution in [1.82, 2.24) is 9.88 Å². The van der Waals surface area contributed by atoms with Gasteiger partial charge in [0.15, 0.2) is 0 Å². The second kappa shape index (κ2) is 8.73. The number of amides is 2. The number of carbonyl (C=O) groups excluding carboxylic acids is 2. The van der Waals surface area contributed by atoms with Crippen molar-refractivity contribution in [2.45, 2.75) is 33.9 Å². The smallest absolute Gasteiger partial charge is 0.254 e. The van der Waals surface area contributed by atoms with Crippen LogP contribution in [0.1, 0.15) is 42.5 Å². The normalized spacial score (nSPS) is 11.1. The maximum Gasteiger partial charge on any atom is 0.254 e. The minimum Gasteiger partial charge on any atom is -0.467 e. The Morgan fingerprint density at radius 2 is 1.90 bits per heavy atom. The molecular formula is C23H25N3O3. The molecule has 3 rings (SSSR count). The Balaban J connectivity index is 1.83. The van der Waals surface area contributed by atoms with Crippen LogP contribution in [0.3, 0.4) is 0 Å². The average molecular weight is 391 g/mol. The third-order valence-electron chi connectivity index (χ3n) is 4.36. The van der Waals surface area contributed by atoms with Gasteiger partial charge in [-0.05, 0) is 42.0 Å². The standard InChI is InChI=1S/C23H25N3O3/c1-23(2,3)22(28)25-19-9-4-8-18(13-19)21(27)26(16-20-10-6-12-29-20)15-17-7-5-11-24-14-17/h4-14H,15-16H2,1-3H3,(H,25,28). The molecule has 2 aromatic heterocycles. The van der Waals surface area contributed by atoms with Crippen LogP contribution in [-0.2, 0) is 17.9 Å². The van der Waals surface area contributed by atoms with Gasteiger partial charge in [-0.2, -0.15) is 0 Å². The minimum absolute atomic E-state index is 0.107. The van der Waals surface area contributed by atoms with Crippen LogP contribution in [0.25, 0.3) is 0 Å². The van der Waals surface area contributed by atoms with Crippen LogP contribution in [0.4, 0.5) is 5.69 Å². The van der Waals surface area contributed by atoms with Crippen molar-refractivity contribution in [2.24, 2.45) is 5.41 Å². The summed E-state index contributed by atoms with van der Waals surface area (Å²) in [7, 11) is 0. The van der Waals surface area contributed by atoms with E-state index in [0.29, 0.717) is 30.1 Å². The van der Waals surface area contributed by atoms with Gasteiger partial charge in [0.2, 0.25) is 5.91 Å². The molecule has 0 radical (unpaired) electrons. The summed E-state index contributed by atoms with van der Waals surface area (Å²) in [5.74, 6) is 0.432. The molecular weight excluding hydrogens is 366 g/mol. The number of anilines is 1. The van der Waals surface area contributed by atoms with E-state index < -0.39 is 5.41 Å². The summed E-state index contributed by atoms with van der Waals surface area (Å²) in [5.41, 5.74) is 1.48.